The summed E-state index contributed by atoms with van der Waals surface area (Å²) in [6, 6.07) is 7.87. The first-order chi connectivity index (χ1) is 8.85. The van der Waals surface area contributed by atoms with Crippen molar-refractivity contribution in [1.82, 2.24) is 0 Å². The normalized spacial score (nSPS) is 12.8. The Morgan fingerprint density at radius 3 is 2.74 bits per heavy atom. The highest BCUT2D eigenvalue weighted by Crippen LogP contribution is 2.29. The average molecular weight is 326 g/mol. The van der Waals surface area contributed by atoms with E-state index in [1.54, 1.807) is 6.92 Å². The summed E-state index contributed by atoms with van der Waals surface area (Å²) >= 11 is 3.38. The van der Waals surface area contributed by atoms with Crippen molar-refractivity contribution in [3.05, 3.63) is 28.2 Å². The van der Waals surface area contributed by atoms with Crippen molar-refractivity contribution in [1.29, 1.82) is 5.26 Å². The van der Waals surface area contributed by atoms with Gasteiger partial charge >= 0.3 is 0 Å². The Morgan fingerprint density at radius 1 is 1.47 bits per heavy atom. The van der Waals surface area contributed by atoms with Crippen LogP contribution in [0, 0.1) is 16.7 Å². The van der Waals surface area contributed by atoms with E-state index < -0.39 is 6.10 Å². The quantitative estimate of drug-likeness (QED) is 0.797. The third-order valence-electron chi connectivity index (χ3n) is 2.93. The van der Waals surface area contributed by atoms with Gasteiger partial charge in [-0.3, -0.25) is 0 Å². The minimum Gasteiger partial charge on any atom is -0.493 e. The maximum atomic E-state index is 9.71. The van der Waals surface area contributed by atoms with Crippen LogP contribution in [-0.4, -0.2) is 11.7 Å². The van der Waals surface area contributed by atoms with E-state index in [1.807, 2.05) is 32.0 Å². The molecule has 1 aromatic carbocycles. The van der Waals surface area contributed by atoms with Gasteiger partial charge in [0.1, 0.15) is 5.75 Å². The molecule has 1 unspecified atom stereocenters. The number of ether oxygens (including phenoxy) is 1. The first-order valence-electron chi connectivity index (χ1n) is 6.37. The molecule has 3 nitrogen and oxygen atoms in total. The summed E-state index contributed by atoms with van der Waals surface area (Å²) in [6.07, 6.45) is 1.04. The molecule has 0 radical (unpaired) electrons. The summed E-state index contributed by atoms with van der Waals surface area (Å²) in [5.41, 5.74) is 0.463. The molecule has 0 heterocycles. The van der Waals surface area contributed by atoms with E-state index in [2.05, 4.69) is 22.0 Å². The van der Waals surface area contributed by atoms with Gasteiger partial charge in [-0.2, -0.15) is 5.26 Å². The summed E-state index contributed by atoms with van der Waals surface area (Å²) in [7, 11) is 0. The lowest BCUT2D eigenvalue weighted by Crippen LogP contribution is -2.10. The van der Waals surface area contributed by atoms with Gasteiger partial charge in [0.2, 0.25) is 0 Å². The summed E-state index contributed by atoms with van der Waals surface area (Å²) in [6.45, 7) is 6.11. The second-order valence-corrected chi connectivity index (χ2v) is 6.22. The maximum Gasteiger partial charge on any atom is 0.125 e. The fourth-order valence-corrected chi connectivity index (χ4v) is 2.11. The zero-order chi connectivity index (χ0) is 14.5. The van der Waals surface area contributed by atoms with Crippen LogP contribution in [0.1, 0.15) is 45.3 Å². The predicted octanol–water partition coefficient (Wildman–Crippen LogP) is 4.21. The van der Waals surface area contributed by atoms with Gasteiger partial charge in [0.25, 0.3) is 0 Å². The average Bonchev–Trinajstić information content (AvgIpc) is 2.36. The molecule has 0 bridgehead atoms. The molecule has 1 aromatic rings. The van der Waals surface area contributed by atoms with Crippen LogP contribution in [0.25, 0.3) is 0 Å². The van der Waals surface area contributed by atoms with Crippen molar-refractivity contribution in [2.45, 2.75) is 39.7 Å². The molecule has 0 spiro atoms. The van der Waals surface area contributed by atoms with Crippen molar-refractivity contribution in [3.8, 4) is 11.8 Å². The van der Waals surface area contributed by atoms with Crippen LogP contribution in [0.4, 0.5) is 0 Å². The largest absolute Gasteiger partial charge is 0.493 e. The second-order valence-electron chi connectivity index (χ2n) is 5.31. The second kappa shape index (κ2) is 6.93. The lowest BCUT2D eigenvalue weighted by molar-refractivity contribution is 0.190. The van der Waals surface area contributed by atoms with Gasteiger partial charge in [-0.15, -0.1) is 0 Å². The van der Waals surface area contributed by atoms with Gasteiger partial charge in [0.15, 0.2) is 0 Å². The van der Waals surface area contributed by atoms with Crippen LogP contribution in [0.15, 0.2) is 22.7 Å². The standard InChI is InChI=1S/C15H20BrNO2/c1-11(18)13-9-12(16)5-6-14(13)19-8-4-7-15(2,3)10-17/h5-6,9,11,18H,4,7-8H2,1-3H3. The van der Waals surface area contributed by atoms with Crippen molar-refractivity contribution in [2.75, 3.05) is 6.61 Å². The van der Waals surface area contributed by atoms with Gasteiger partial charge in [-0.1, -0.05) is 15.9 Å². The number of benzene rings is 1. The van der Waals surface area contributed by atoms with E-state index in [9.17, 15) is 5.11 Å². The van der Waals surface area contributed by atoms with Crippen LogP contribution in [0.5, 0.6) is 5.75 Å². The number of aliphatic hydroxyl groups excluding tert-OH is 1. The Kier molecular flexibility index (Phi) is 5.84. The highest BCUT2D eigenvalue weighted by atomic mass is 79.9. The fraction of sp³-hybridized carbons (Fsp3) is 0.533. The van der Waals surface area contributed by atoms with Crippen molar-refractivity contribution < 1.29 is 9.84 Å². The summed E-state index contributed by atoms with van der Waals surface area (Å²) < 4.78 is 6.62. The Labute approximate surface area is 123 Å². The van der Waals surface area contributed by atoms with E-state index in [-0.39, 0.29) is 5.41 Å². The third kappa shape index (κ3) is 5.22. The summed E-state index contributed by atoms with van der Waals surface area (Å²) in [4.78, 5) is 0. The lowest BCUT2D eigenvalue weighted by atomic mass is 9.90. The van der Waals surface area contributed by atoms with Gasteiger partial charge in [-0.05, 0) is 51.8 Å². The zero-order valence-electron chi connectivity index (χ0n) is 11.6. The highest BCUT2D eigenvalue weighted by Gasteiger charge is 2.16. The summed E-state index contributed by atoms with van der Waals surface area (Å²) in [5, 5.41) is 18.6. The number of rotatable bonds is 6. The van der Waals surface area contributed by atoms with Gasteiger partial charge in [0.05, 0.1) is 24.2 Å². The zero-order valence-corrected chi connectivity index (χ0v) is 13.2. The number of nitrogens with zero attached hydrogens (tertiary/aromatic N) is 1. The molecular formula is C15H20BrNO2. The van der Waals surface area contributed by atoms with Crippen molar-refractivity contribution in [3.63, 3.8) is 0 Å². The highest BCUT2D eigenvalue weighted by molar-refractivity contribution is 9.10. The molecule has 0 aromatic heterocycles. The third-order valence-corrected chi connectivity index (χ3v) is 3.42. The molecule has 1 atom stereocenters. The lowest BCUT2D eigenvalue weighted by Gasteiger charge is -2.17. The van der Waals surface area contributed by atoms with Crippen LogP contribution >= 0.6 is 15.9 Å². The molecule has 19 heavy (non-hydrogen) atoms. The Hall–Kier alpha value is -1.05. The monoisotopic (exact) mass is 325 g/mol. The van der Waals surface area contributed by atoms with Gasteiger partial charge < -0.3 is 9.84 Å². The minimum absolute atomic E-state index is 0.309. The maximum absolute atomic E-state index is 9.71. The van der Waals surface area contributed by atoms with Crippen molar-refractivity contribution >= 4 is 15.9 Å². The summed E-state index contributed by atoms with van der Waals surface area (Å²) in [5.74, 6) is 0.702. The molecule has 4 heteroatoms. The molecule has 0 aliphatic carbocycles. The molecule has 1 N–H and O–H groups in total. The molecule has 0 amide bonds. The molecule has 0 saturated carbocycles. The van der Waals surface area contributed by atoms with E-state index in [0.29, 0.717) is 12.4 Å². The first-order valence-corrected chi connectivity index (χ1v) is 7.16. The van der Waals surface area contributed by atoms with E-state index in [4.69, 9.17) is 10.00 Å². The number of hydrogen-bond donors (Lipinski definition) is 1. The van der Waals surface area contributed by atoms with Crippen LogP contribution in [0.2, 0.25) is 0 Å². The van der Waals surface area contributed by atoms with E-state index >= 15 is 0 Å². The fourth-order valence-electron chi connectivity index (χ4n) is 1.73. The molecule has 0 aliphatic heterocycles. The predicted molar refractivity (Wildman–Crippen MR) is 78.9 cm³/mol. The number of hydrogen-bond acceptors (Lipinski definition) is 3. The SMILES string of the molecule is CC(O)c1cc(Br)ccc1OCCCC(C)(C)C#N. The Morgan fingerprint density at radius 2 is 2.16 bits per heavy atom. The number of aliphatic hydroxyl groups is 1. The van der Waals surface area contributed by atoms with Crippen molar-refractivity contribution in [2.24, 2.45) is 5.41 Å². The minimum atomic E-state index is -0.567. The molecule has 104 valence electrons. The Balaban J connectivity index is 2.57. The smallest absolute Gasteiger partial charge is 0.125 e. The molecule has 1 rings (SSSR count). The number of nitriles is 1. The molecular weight excluding hydrogens is 306 g/mol. The van der Waals surface area contributed by atoms with E-state index in [1.165, 1.54) is 0 Å². The van der Waals surface area contributed by atoms with E-state index in [0.717, 1.165) is 22.9 Å². The molecule has 0 saturated heterocycles. The topological polar surface area (TPSA) is 53.2 Å². The van der Waals surface area contributed by atoms with Gasteiger partial charge in [-0.25, -0.2) is 0 Å². The van der Waals surface area contributed by atoms with Crippen LogP contribution in [-0.2, 0) is 0 Å². The first kappa shape index (κ1) is 16.0. The van der Waals surface area contributed by atoms with Gasteiger partial charge in [0, 0.05) is 10.0 Å². The van der Waals surface area contributed by atoms with Crippen LogP contribution < -0.4 is 4.74 Å². The van der Waals surface area contributed by atoms with Crippen LogP contribution in [0.3, 0.4) is 0 Å². The molecule has 0 fully saturated rings. The Bertz CT molecular complexity index is 464. The molecule has 0 aliphatic rings. The number of halogens is 1.